The number of nitrogens with one attached hydrogen (secondary N) is 2. The van der Waals surface area contributed by atoms with Crippen molar-refractivity contribution in [3.8, 4) is 6.19 Å². The van der Waals surface area contributed by atoms with Crippen LogP contribution in [0.2, 0.25) is 0 Å². The van der Waals surface area contributed by atoms with Crippen LogP contribution in [0.1, 0.15) is 26.8 Å². The van der Waals surface area contributed by atoms with Crippen molar-refractivity contribution in [1.29, 1.82) is 5.26 Å². The summed E-state index contributed by atoms with van der Waals surface area (Å²) in [6, 6.07) is 10.2. The maximum atomic E-state index is 13.5. The molecule has 1 saturated heterocycles. The molecule has 2 amide bonds. The van der Waals surface area contributed by atoms with E-state index in [1.807, 2.05) is 43.1 Å². The summed E-state index contributed by atoms with van der Waals surface area (Å²) in [6.07, 6.45) is -1.25. The minimum Gasteiger partial charge on any atom is -0.335 e. The number of hydrogen-bond donors (Lipinski definition) is 2. The van der Waals surface area contributed by atoms with Crippen LogP contribution in [0.3, 0.4) is 0 Å². The Morgan fingerprint density at radius 2 is 1.95 bits per heavy atom. The van der Waals surface area contributed by atoms with Crippen molar-refractivity contribution in [1.82, 2.24) is 20.1 Å². The minimum atomic E-state index is -4.84. The lowest BCUT2D eigenvalue weighted by molar-refractivity contribution is -0.137. The van der Waals surface area contributed by atoms with Gasteiger partial charge in [0.25, 0.3) is 0 Å². The zero-order valence-corrected chi connectivity index (χ0v) is 20.6. The van der Waals surface area contributed by atoms with Crippen LogP contribution in [0.4, 0.5) is 33.7 Å². The number of carbonyl (C=O) groups excluding carboxylic acids is 1. The number of aromatic nitrogens is 1. The molecule has 2 heterocycles. The van der Waals surface area contributed by atoms with Gasteiger partial charge in [-0.15, -0.1) is 0 Å². The highest BCUT2D eigenvalue weighted by Crippen LogP contribution is 2.35. The number of amides is 2. The molecule has 1 fully saturated rings. The van der Waals surface area contributed by atoms with Gasteiger partial charge in [0.05, 0.1) is 28.5 Å². The van der Waals surface area contributed by atoms with Gasteiger partial charge in [0.1, 0.15) is 5.82 Å². The van der Waals surface area contributed by atoms with Crippen molar-refractivity contribution >= 4 is 34.3 Å². The molecule has 0 aliphatic carbocycles. The fraction of sp³-hybridized carbons (Fsp3) is 0.333. The van der Waals surface area contributed by atoms with Crippen LogP contribution in [0.5, 0.6) is 0 Å². The second kappa shape index (κ2) is 12.0. The van der Waals surface area contributed by atoms with Crippen LogP contribution in [0.25, 0.3) is 10.9 Å². The lowest BCUT2D eigenvalue weighted by atomic mass is 10.00. The SMILES string of the molecule is C.CC(C)[C@H]1CN(C(=O)Nc2ccc(F)cc2C(F)(F)F)CCN1C(=Nc1cccc2ncccc12)NC#N. The fourth-order valence-corrected chi connectivity index (χ4v) is 4.39. The molecule has 39 heavy (non-hydrogen) atoms. The van der Waals surface area contributed by atoms with E-state index in [-0.39, 0.29) is 39.0 Å². The van der Waals surface area contributed by atoms with Crippen LogP contribution < -0.4 is 10.6 Å². The largest absolute Gasteiger partial charge is 0.418 e. The second-order valence-corrected chi connectivity index (χ2v) is 9.09. The van der Waals surface area contributed by atoms with Gasteiger partial charge in [-0.05, 0) is 48.4 Å². The van der Waals surface area contributed by atoms with E-state index in [0.717, 1.165) is 23.0 Å². The quantitative estimate of drug-likeness (QED) is 0.140. The van der Waals surface area contributed by atoms with E-state index < -0.39 is 29.3 Å². The molecular formula is C27H29F4N7O. The van der Waals surface area contributed by atoms with E-state index in [2.05, 4.69) is 15.6 Å². The third kappa shape index (κ3) is 6.54. The summed E-state index contributed by atoms with van der Waals surface area (Å²) < 4.78 is 53.6. The third-order valence-electron chi connectivity index (χ3n) is 6.29. The Morgan fingerprint density at radius 3 is 2.64 bits per heavy atom. The van der Waals surface area contributed by atoms with Crippen LogP contribution >= 0.6 is 0 Å². The average molecular weight is 544 g/mol. The van der Waals surface area contributed by atoms with Gasteiger partial charge in [-0.25, -0.2) is 14.2 Å². The summed E-state index contributed by atoms with van der Waals surface area (Å²) >= 11 is 0. The van der Waals surface area contributed by atoms with Crippen molar-refractivity contribution in [2.24, 2.45) is 10.9 Å². The maximum Gasteiger partial charge on any atom is 0.418 e. The summed E-state index contributed by atoms with van der Waals surface area (Å²) in [5.74, 6) is -0.773. The first-order valence-electron chi connectivity index (χ1n) is 11.9. The summed E-state index contributed by atoms with van der Waals surface area (Å²) in [6.45, 7) is 4.46. The number of benzene rings is 2. The Kier molecular flexibility index (Phi) is 8.96. The Labute approximate surface area is 224 Å². The highest BCUT2D eigenvalue weighted by molar-refractivity contribution is 5.94. The Bertz CT molecular complexity index is 1400. The predicted molar refractivity (Wildman–Crippen MR) is 142 cm³/mol. The minimum absolute atomic E-state index is 0. The van der Waals surface area contributed by atoms with Crippen molar-refractivity contribution in [2.75, 3.05) is 25.0 Å². The first-order chi connectivity index (χ1) is 18.1. The molecule has 0 unspecified atom stereocenters. The molecule has 8 nitrogen and oxygen atoms in total. The number of pyridine rings is 1. The molecule has 0 spiro atoms. The number of nitriles is 1. The first kappa shape index (κ1) is 29.2. The van der Waals surface area contributed by atoms with Gasteiger partial charge in [0, 0.05) is 31.2 Å². The van der Waals surface area contributed by atoms with Crippen molar-refractivity contribution in [3.63, 3.8) is 0 Å². The molecule has 2 N–H and O–H groups in total. The number of carbonyl (C=O) groups is 1. The first-order valence-corrected chi connectivity index (χ1v) is 11.9. The Morgan fingerprint density at radius 1 is 1.18 bits per heavy atom. The fourth-order valence-electron chi connectivity index (χ4n) is 4.39. The number of rotatable bonds is 3. The topological polar surface area (TPSA) is 96.7 Å². The van der Waals surface area contributed by atoms with Crippen LogP contribution in [0, 0.1) is 23.2 Å². The van der Waals surface area contributed by atoms with E-state index >= 15 is 0 Å². The number of guanidine groups is 1. The number of anilines is 1. The molecule has 4 rings (SSSR count). The van der Waals surface area contributed by atoms with Gasteiger partial charge >= 0.3 is 12.2 Å². The zero-order valence-electron chi connectivity index (χ0n) is 20.6. The van der Waals surface area contributed by atoms with Crippen molar-refractivity contribution in [3.05, 3.63) is 66.1 Å². The predicted octanol–water partition coefficient (Wildman–Crippen LogP) is 5.96. The molecule has 1 aromatic heterocycles. The molecule has 0 radical (unpaired) electrons. The van der Waals surface area contributed by atoms with Crippen LogP contribution in [-0.2, 0) is 6.18 Å². The number of fused-ring (bicyclic) bond motifs is 1. The number of alkyl halides is 3. The molecule has 12 heteroatoms. The molecule has 2 aromatic carbocycles. The van der Waals surface area contributed by atoms with Gasteiger partial charge in [-0.3, -0.25) is 10.3 Å². The standard InChI is InChI=1S/C26H25F4N7O.CH4/c1-16(2)23-14-36(25(38)35-22-9-8-17(27)13-19(22)26(28,29)30)11-12-37(23)24(33-15-31)34-21-7-3-6-20-18(21)5-4-10-32-20;/h3-10,13,16,23H,11-12,14H2,1-2H3,(H,33,34)(H,35,38);1H4/t23-;/m1./s1. The number of urea groups is 1. The summed E-state index contributed by atoms with van der Waals surface area (Å²) in [7, 11) is 0. The lowest BCUT2D eigenvalue weighted by Crippen LogP contribution is -2.60. The second-order valence-electron chi connectivity index (χ2n) is 9.09. The van der Waals surface area contributed by atoms with E-state index in [9.17, 15) is 27.6 Å². The highest BCUT2D eigenvalue weighted by atomic mass is 19.4. The van der Waals surface area contributed by atoms with Crippen LogP contribution in [0.15, 0.2) is 59.7 Å². The summed E-state index contributed by atoms with van der Waals surface area (Å²) in [5, 5.41) is 15.1. The Balaban J connectivity index is 0.00000420. The number of hydrogen-bond acceptors (Lipinski definition) is 4. The van der Waals surface area contributed by atoms with Gasteiger partial charge in [-0.2, -0.15) is 18.4 Å². The molecule has 206 valence electrons. The molecule has 1 aliphatic heterocycles. The van der Waals surface area contributed by atoms with E-state index in [0.29, 0.717) is 17.7 Å². The molecule has 0 bridgehead atoms. The van der Waals surface area contributed by atoms with Gasteiger partial charge in [-0.1, -0.05) is 27.3 Å². The average Bonchev–Trinajstić information content (AvgIpc) is 2.88. The monoisotopic (exact) mass is 543 g/mol. The number of piperazine rings is 1. The smallest absolute Gasteiger partial charge is 0.335 e. The molecular weight excluding hydrogens is 514 g/mol. The van der Waals surface area contributed by atoms with E-state index in [1.165, 1.54) is 4.90 Å². The normalized spacial score (nSPS) is 16.1. The molecule has 1 aliphatic rings. The summed E-state index contributed by atoms with van der Waals surface area (Å²) in [5.41, 5.74) is -0.439. The molecule has 0 saturated carbocycles. The molecule has 1 atom stereocenters. The van der Waals surface area contributed by atoms with Crippen LogP contribution in [-0.4, -0.2) is 52.5 Å². The summed E-state index contributed by atoms with van der Waals surface area (Å²) in [4.78, 5) is 25.3. The number of nitrogens with zero attached hydrogens (tertiary/aromatic N) is 5. The van der Waals surface area contributed by atoms with Crippen molar-refractivity contribution < 1.29 is 22.4 Å². The zero-order chi connectivity index (χ0) is 27.4. The Hall–Kier alpha value is -4.40. The van der Waals surface area contributed by atoms with Gasteiger partial charge in [0.2, 0.25) is 5.96 Å². The highest BCUT2D eigenvalue weighted by Gasteiger charge is 2.37. The van der Waals surface area contributed by atoms with Gasteiger partial charge < -0.3 is 15.1 Å². The molecule has 3 aromatic rings. The van der Waals surface area contributed by atoms with E-state index in [4.69, 9.17) is 4.99 Å². The number of aliphatic imine (C=N–C) groups is 1. The lowest BCUT2D eigenvalue weighted by Gasteiger charge is -2.44. The van der Waals surface area contributed by atoms with Crippen molar-refractivity contribution in [2.45, 2.75) is 33.5 Å². The number of halogens is 4. The maximum absolute atomic E-state index is 13.5. The van der Waals surface area contributed by atoms with E-state index in [1.54, 1.807) is 18.3 Å². The van der Waals surface area contributed by atoms with Gasteiger partial charge in [0.15, 0.2) is 6.19 Å². The third-order valence-corrected chi connectivity index (χ3v) is 6.29.